The molecule has 3 aromatic rings. The molecule has 2 aromatic carbocycles. The molecule has 0 saturated carbocycles. The number of hydrogen-bond donors (Lipinski definition) is 4. The zero-order valence-corrected chi connectivity index (χ0v) is 18.6. The van der Waals surface area contributed by atoms with Crippen LogP contribution in [-0.4, -0.2) is 41.6 Å². The second kappa shape index (κ2) is 11.0. The van der Waals surface area contributed by atoms with E-state index in [1.807, 2.05) is 30.3 Å². The number of ether oxygens (including phenoxy) is 1. The molecular formula is C24H26N4O6. The monoisotopic (exact) mass is 466 g/mol. The van der Waals surface area contributed by atoms with Gasteiger partial charge in [0.05, 0.1) is 0 Å². The Morgan fingerprint density at radius 3 is 2.56 bits per heavy atom. The van der Waals surface area contributed by atoms with Crippen LogP contribution in [0.1, 0.15) is 19.8 Å². The largest absolute Gasteiger partial charge is 0.481 e. The van der Waals surface area contributed by atoms with Gasteiger partial charge in [-0.1, -0.05) is 30.3 Å². The van der Waals surface area contributed by atoms with E-state index < -0.39 is 29.6 Å². The number of guanidine groups is 1. The average Bonchev–Trinajstić information content (AvgIpc) is 2.80. The van der Waals surface area contributed by atoms with Crippen LogP contribution >= 0.6 is 0 Å². The van der Waals surface area contributed by atoms with E-state index in [9.17, 15) is 19.5 Å². The second-order valence-corrected chi connectivity index (χ2v) is 7.61. The number of nitrogens with one attached hydrogen (secondary N) is 1. The molecule has 0 radical (unpaired) electrons. The molecule has 0 aliphatic carbocycles. The number of hydrogen-bond acceptors (Lipinski definition) is 6. The van der Waals surface area contributed by atoms with Crippen LogP contribution in [0.2, 0.25) is 0 Å². The minimum Gasteiger partial charge on any atom is -0.481 e. The number of carbonyl (C=O) groups excluding carboxylic acids is 1. The van der Waals surface area contributed by atoms with Gasteiger partial charge in [-0.25, -0.2) is 9.59 Å². The molecule has 34 heavy (non-hydrogen) atoms. The molecule has 0 spiro atoms. The van der Waals surface area contributed by atoms with Crippen LogP contribution in [0.25, 0.3) is 22.1 Å². The van der Waals surface area contributed by atoms with Crippen molar-refractivity contribution in [1.29, 1.82) is 0 Å². The lowest BCUT2D eigenvalue weighted by molar-refractivity contribution is -0.143. The van der Waals surface area contributed by atoms with Crippen molar-refractivity contribution in [3.05, 3.63) is 65.0 Å². The van der Waals surface area contributed by atoms with Crippen molar-refractivity contribution >= 4 is 28.8 Å². The number of carboxylic acid groups (broad SMARTS) is 1. The summed E-state index contributed by atoms with van der Waals surface area (Å²) in [5, 5.41) is 12.5. The number of benzene rings is 2. The highest BCUT2D eigenvalue weighted by molar-refractivity contribution is 5.94. The molecule has 3 rings (SSSR count). The summed E-state index contributed by atoms with van der Waals surface area (Å²) in [7, 11) is 0. The molecule has 0 bridgehead atoms. The number of nitrogens with two attached hydrogens (primary N) is 2. The quantitative estimate of drug-likeness (QED) is 0.152. The lowest BCUT2D eigenvalue weighted by Gasteiger charge is -2.19. The van der Waals surface area contributed by atoms with Gasteiger partial charge in [0.1, 0.15) is 17.4 Å². The minimum absolute atomic E-state index is 0.0833. The molecule has 1 heterocycles. The van der Waals surface area contributed by atoms with Crippen LogP contribution < -0.4 is 27.1 Å². The molecule has 0 saturated heterocycles. The third-order valence-electron chi connectivity index (χ3n) is 5.04. The van der Waals surface area contributed by atoms with Crippen LogP contribution in [0.3, 0.4) is 0 Å². The summed E-state index contributed by atoms with van der Waals surface area (Å²) in [4.78, 5) is 39.9. The predicted octanol–water partition coefficient (Wildman–Crippen LogP) is 1.85. The third kappa shape index (κ3) is 6.35. The fourth-order valence-electron chi connectivity index (χ4n) is 3.38. The van der Waals surface area contributed by atoms with E-state index in [1.165, 1.54) is 19.1 Å². The molecule has 0 aliphatic heterocycles. The van der Waals surface area contributed by atoms with Gasteiger partial charge in [0.25, 0.3) is 5.91 Å². The number of carbonyl (C=O) groups is 2. The van der Waals surface area contributed by atoms with E-state index in [1.54, 1.807) is 12.1 Å². The van der Waals surface area contributed by atoms with E-state index in [4.69, 9.17) is 20.6 Å². The standard InChI is InChI=1S/C24H26N4O6/c1-14(22(30)28-19(23(31)32)8-5-11-27-24(25)26)33-16-9-10-17-18(15-6-3-2-4-7-15)13-21(29)34-20(17)12-16/h2-4,6-7,9-10,12-14,19H,5,8,11H2,1H3,(H,28,30)(H,31,32)(H4,25,26,27)/t14?,19-/m1/s1. The Bertz CT molecular complexity index is 1250. The van der Waals surface area contributed by atoms with Gasteiger partial charge >= 0.3 is 11.6 Å². The van der Waals surface area contributed by atoms with Crippen molar-refractivity contribution in [2.75, 3.05) is 6.54 Å². The number of fused-ring (bicyclic) bond motifs is 1. The first kappa shape index (κ1) is 24.3. The maximum Gasteiger partial charge on any atom is 0.336 e. The molecule has 1 unspecified atom stereocenters. The van der Waals surface area contributed by atoms with E-state index in [2.05, 4.69) is 10.3 Å². The van der Waals surface area contributed by atoms with Crippen molar-refractivity contribution in [3.63, 3.8) is 0 Å². The third-order valence-corrected chi connectivity index (χ3v) is 5.04. The summed E-state index contributed by atoms with van der Waals surface area (Å²) in [6.07, 6.45) is -0.479. The van der Waals surface area contributed by atoms with Crippen molar-refractivity contribution in [2.45, 2.75) is 31.9 Å². The van der Waals surface area contributed by atoms with Crippen LogP contribution in [0.15, 0.2) is 68.8 Å². The highest BCUT2D eigenvalue weighted by atomic mass is 16.5. The molecule has 10 heteroatoms. The first-order valence-corrected chi connectivity index (χ1v) is 10.6. The smallest absolute Gasteiger partial charge is 0.336 e. The van der Waals surface area contributed by atoms with E-state index >= 15 is 0 Å². The number of aliphatic carboxylic acids is 1. The van der Waals surface area contributed by atoms with Crippen molar-refractivity contribution in [1.82, 2.24) is 5.32 Å². The predicted molar refractivity (Wildman–Crippen MR) is 127 cm³/mol. The Morgan fingerprint density at radius 2 is 1.88 bits per heavy atom. The summed E-state index contributed by atoms with van der Waals surface area (Å²) in [6, 6.07) is 14.6. The van der Waals surface area contributed by atoms with E-state index in [0.717, 1.165) is 5.56 Å². The van der Waals surface area contributed by atoms with Gasteiger partial charge in [0.2, 0.25) is 0 Å². The van der Waals surface area contributed by atoms with Crippen molar-refractivity contribution in [3.8, 4) is 16.9 Å². The number of aliphatic imine (C=N–C) groups is 1. The molecule has 1 aromatic heterocycles. The zero-order chi connectivity index (χ0) is 24.7. The SMILES string of the molecule is CC(Oc1ccc2c(-c3ccccc3)cc(=O)oc2c1)C(=O)N[C@H](CCCN=C(N)N)C(=O)O. The Labute approximate surface area is 195 Å². The Kier molecular flexibility index (Phi) is 7.86. The fraction of sp³-hybridized carbons (Fsp3) is 0.250. The zero-order valence-electron chi connectivity index (χ0n) is 18.6. The number of rotatable bonds is 10. The van der Waals surface area contributed by atoms with Gasteiger partial charge in [-0.2, -0.15) is 0 Å². The topological polar surface area (TPSA) is 170 Å². The lowest BCUT2D eigenvalue weighted by atomic mass is 10.0. The van der Waals surface area contributed by atoms with Crippen LogP contribution in [0.4, 0.5) is 0 Å². The van der Waals surface area contributed by atoms with E-state index in [0.29, 0.717) is 28.7 Å². The second-order valence-electron chi connectivity index (χ2n) is 7.61. The molecule has 0 aliphatic rings. The Morgan fingerprint density at radius 1 is 1.15 bits per heavy atom. The highest BCUT2D eigenvalue weighted by Crippen LogP contribution is 2.29. The minimum atomic E-state index is -1.17. The maximum absolute atomic E-state index is 12.5. The first-order chi connectivity index (χ1) is 16.2. The van der Waals surface area contributed by atoms with Gasteiger partial charge in [0.15, 0.2) is 12.1 Å². The molecule has 0 fully saturated rings. The summed E-state index contributed by atoms with van der Waals surface area (Å²) in [5.41, 5.74) is 11.9. The highest BCUT2D eigenvalue weighted by Gasteiger charge is 2.24. The van der Waals surface area contributed by atoms with Crippen molar-refractivity contribution in [2.24, 2.45) is 16.5 Å². The molecule has 10 nitrogen and oxygen atoms in total. The van der Waals surface area contributed by atoms with E-state index in [-0.39, 0.29) is 18.9 Å². The van der Waals surface area contributed by atoms with Gasteiger partial charge in [-0.15, -0.1) is 0 Å². The molecule has 6 N–H and O–H groups in total. The van der Waals surface area contributed by atoms with Gasteiger partial charge in [-0.05, 0) is 43.0 Å². The van der Waals surface area contributed by atoms with Gasteiger partial charge < -0.3 is 31.0 Å². The molecule has 2 atom stereocenters. The van der Waals surface area contributed by atoms with Gasteiger partial charge in [0, 0.05) is 24.1 Å². The maximum atomic E-state index is 12.5. The number of amides is 1. The normalized spacial score (nSPS) is 12.5. The molecule has 1 amide bonds. The number of nitrogens with zero attached hydrogens (tertiary/aromatic N) is 1. The summed E-state index contributed by atoms with van der Waals surface area (Å²) >= 11 is 0. The fourth-order valence-corrected chi connectivity index (χ4v) is 3.38. The molecule has 178 valence electrons. The average molecular weight is 466 g/mol. The Balaban J connectivity index is 1.71. The summed E-state index contributed by atoms with van der Waals surface area (Å²) in [6.45, 7) is 1.75. The number of carboxylic acids is 1. The van der Waals surface area contributed by atoms with Crippen LogP contribution in [0.5, 0.6) is 5.75 Å². The van der Waals surface area contributed by atoms with Crippen LogP contribution in [0, 0.1) is 0 Å². The summed E-state index contributed by atoms with van der Waals surface area (Å²) in [5.74, 6) is -1.57. The summed E-state index contributed by atoms with van der Waals surface area (Å²) < 4.78 is 11.0. The Hall–Kier alpha value is -4.34. The first-order valence-electron chi connectivity index (χ1n) is 10.6. The molecular weight excluding hydrogens is 440 g/mol. The van der Waals surface area contributed by atoms with Crippen molar-refractivity contribution < 1.29 is 23.8 Å². The lowest BCUT2D eigenvalue weighted by Crippen LogP contribution is -2.46. The van der Waals surface area contributed by atoms with Crippen LogP contribution in [-0.2, 0) is 9.59 Å². The van der Waals surface area contributed by atoms with Gasteiger partial charge in [-0.3, -0.25) is 9.79 Å².